The molecule has 0 aromatic heterocycles. The molecule has 2 nitrogen and oxygen atoms in total. The highest BCUT2D eigenvalue weighted by Crippen LogP contribution is 2.25. The van der Waals surface area contributed by atoms with Crippen LogP contribution < -0.4 is 0 Å². The van der Waals surface area contributed by atoms with Gasteiger partial charge in [0.1, 0.15) is 0 Å². The minimum Gasteiger partial charge on any atom is -0.336 e. The maximum absolute atomic E-state index is 12.6. The Labute approximate surface area is 110 Å². The van der Waals surface area contributed by atoms with Crippen LogP contribution >= 0.6 is 0 Å². The van der Waals surface area contributed by atoms with E-state index in [-0.39, 0.29) is 5.91 Å². The van der Waals surface area contributed by atoms with Crippen molar-refractivity contribution in [1.82, 2.24) is 4.90 Å². The van der Waals surface area contributed by atoms with Crippen molar-refractivity contribution < 1.29 is 4.79 Å². The molecule has 1 amide bonds. The smallest absolute Gasteiger partial charge is 0.254 e. The summed E-state index contributed by atoms with van der Waals surface area (Å²) in [6.45, 7) is 7.00. The summed E-state index contributed by atoms with van der Waals surface area (Å²) < 4.78 is 0. The molecule has 0 bridgehead atoms. The van der Waals surface area contributed by atoms with E-state index in [0.29, 0.717) is 6.04 Å². The van der Waals surface area contributed by atoms with Gasteiger partial charge in [0.15, 0.2) is 0 Å². The molecule has 1 aliphatic carbocycles. The second kappa shape index (κ2) is 5.55. The normalized spacial score (nSPS) is 15.9. The van der Waals surface area contributed by atoms with Gasteiger partial charge in [-0.3, -0.25) is 4.79 Å². The van der Waals surface area contributed by atoms with Gasteiger partial charge in [0, 0.05) is 18.2 Å². The number of benzene rings is 1. The van der Waals surface area contributed by atoms with Crippen molar-refractivity contribution in [3.63, 3.8) is 0 Å². The Kier molecular flexibility index (Phi) is 4.05. The molecule has 18 heavy (non-hydrogen) atoms. The first-order chi connectivity index (χ1) is 8.63. The van der Waals surface area contributed by atoms with E-state index in [1.165, 1.54) is 31.2 Å². The van der Waals surface area contributed by atoms with E-state index in [0.717, 1.165) is 17.7 Å². The van der Waals surface area contributed by atoms with Crippen molar-refractivity contribution >= 4 is 5.91 Å². The minimum atomic E-state index is 0.210. The third kappa shape index (κ3) is 2.58. The number of amides is 1. The van der Waals surface area contributed by atoms with Gasteiger partial charge in [0.25, 0.3) is 5.91 Å². The van der Waals surface area contributed by atoms with Crippen molar-refractivity contribution in [2.24, 2.45) is 0 Å². The van der Waals surface area contributed by atoms with Gasteiger partial charge in [0.2, 0.25) is 0 Å². The van der Waals surface area contributed by atoms with E-state index >= 15 is 0 Å². The molecule has 98 valence electrons. The number of nitrogens with zero attached hydrogens (tertiary/aromatic N) is 1. The highest BCUT2D eigenvalue weighted by molar-refractivity contribution is 5.95. The lowest BCUT2D eigenvalue weighted by atomic mass is 10.0. The van der Waals surface area contributed by atoms with Gasteiger partial charge in [-0.1, -0.05) is 30.5 Å². The summed E-state index contributed by atoms with van der Waals surface area (Å²) in [5, 5.41) is 0. The second-order valence-corrected chi connectivity index (χ2v) is 5.35. The molecule has 0 N–H and O–H groups in total. The van der Waals surface area contributed by atoms with Gasteiger partial charge in [-0.15, -0.1) is 0 Å². The lowest BCUT2D eigenvalue weighted by molar-refractivity contribution is 0.0693. The van der Waals surface area contributed by atoms with Crippen LogP contribution in [0.4, 0.5) is 0 Å². The third-order valence-corrected chi connectivity index (χ3v) is 3.98. The molecule has 0 saturated heterocycles. The Bertz CT molecular complexity index is 433. The Morgan fingerprint density at radius 2 is 1.94 bits per heavy atom. The number of hydrogen-bond donors (Lipinski definition) is 0. The molecule has 0 atom stereocenters. The average Bonchev–Trinajstić information content (AvgIpc) is 2.83. The van der Waals surface area contributed by atoms with E-state index in [2.05, 4.69) is 24.8 Å². The number of hydrogen-bond acceptors (Lipinski definition) is 1. The minimum absolute atomic E-state index is 0.210. The fourth-order valence-corrected chi connectivity index (χ4v) is 2.99. The molecule has 1 aromatic carbocycles. The molecule has 1 aliphatic rings. The quantitative estimate of drug-likeness (QED) is 0.795. The molecule has 0 unspecified atom stereocenters. The summed E-state index contributed by atoms with van der Waals surface area (Å²) in [6.07, 6.45) is 4.87. The SMILES string of the molecule is CCN(C(=O)c1ccc(C)cc1C)C1CCCC1. The summed E-state index contributed by atoms with van der Waals surface area (Å²) >= 11 is 0. The zero-order chi connectivity index (χ0) is 13.1. The van der Waals surface area contributed by atoms with Crippen LogP contribution in [0, 0.1) is 13.8 Å². The predicted molar refractivity (Wildman–Crippen MR) is 74.9 cm³/mol. The average molecular weight is 245 g/mol. The zero-order valence-electron chi connectivity index (χ0n) is 11.7. The van der Waals surface area contributed by atoms with Crippen molar-refractivity contribution in [3.8, 4) is 0 Å². The molecule has 1 aromatic rings. The van der Waals surface area contributed by atoms with Crippen LogP contribution in [-0.4, -0.2) is 23.4 Å². The Morgan fingerprint density at radius 3 is 2.50 bits per heavy atom. The first-order valence-corrected chi connectivity index (χ1v) is 7.01. The van der Waals surface area contributed by atoms with Crippen LogP contribution in [-0.2, 0) is 0 Å². The molecule has 0 radical (unpaired) electrons. The lowest BCUT2D eigenvalue weighted by Gasteiger charge is -2.28. The molecule has 0 heterocycles. The number of carbonyl (C=O) groups is 1. The van der Waals surface area contributed by atoms with Crippen LogP contribution in [0.25, 0.3) is 0 Å². The van der Waals surface area contributed by atoms with Gasteiger partial charge < -0.3 is 4.90 Å². The van der Waals surface area contributed by atoms with E-state index < -0.39 is 0 Å². The van der Waals surface area contributed by atoms with Crippen molar-refractivity contribution in [2.75, 3.05) is 6.54 Å². The highest BCUT2D eigenvalue weighted by atomic mass is 16.2. The van der Waals surface area contributed by atoms with Gasteiger partial charge in [0.05, 0.1) is 0 Å². The maximum Gasteiger partial charge on any atom is 0.254 e. The van der Waals surface area contributed by atoms with Gasteiger partial charge in [-0.2, -0.15) is 0 Å². The van der Waals surface area contributed by atoms with Crippen LogP contribution in [0.1, 0.15) is 54.1 Å². The third-order valence-electron chi connectivity index (χ3n) is 3.98. The Balaban J connectivity index is 2.22. The summed E-state index contributed by atoms with van der Waals surface area (Å²) in [6, 6.07) is 6.56. The fraction of sp³-hybridized carbons (Fsp3) is 0.562. The molecular formula is C16H23NO. The van der Waals surface area contributed by atoms with Crippen molar-refractivity contribution in [3.05, 3.63) is 34.9 Å². The largest absolute Gasteiger partial charge is 0.336 e. The Morgan fingerprint density at radius 1 is 1.28 bits per heavy atom. The van der Waals surface area contributed by atoms with Crippen molar-refractivity contribution in [1.29, 1.82) is 0 Å². The summed E-state index contributed by atoms with van der Waals surface area (Å²) in [7, 11) is 0. The van der Waals surface area contributed by atoms with Crippen LogP contribution in [0.2, 0.25) is 0 Å². The molecule has 2 rings (SSSR count). The van der Waals surface area contributed by atoms with Gasteiger partial charge in [-0.25, -0.2) is 0 Å². The summed E-state index contributed by atoms with van der Waals surface area (Å²) in [4.78, 5) is 14.7. The van der Waals surface area contributed by atoms with Gasteiger partial charge in [-0.05, 0) is 45.2 Å². The lowest BCUT2D eigenvalue weighted by Crippen LogP contribution is -2.38. The maximum atomic E-state index is 12.6. The standard InChI is InChI=1S/C16H23NO/c1-4-17(14-7-5-6-8-14)16(18)15-10-9-12(2)11-13(15)3/h9-11,14H,4-8H2,1-3H3. The van der Waals surface area contributed by atoms with Crippen LogP contribution in [0.3, 0.4) is 0 Å². The molecule has 0 aliphatic heterocycles. The fourth-order valence-electron chi connectivity index (χ4n) is 2.99. The van der Waals surface area contributed by atoms with Crippen LogP contribution in [0.15, 0.2) is 18.2 Å². The van der Waals surface area contributed by atoms with E-state index in [1.54, 1.807) is 0 Å². The van der Waals surface area contributed by atoms with Crippen molar-refractivity contribution in [2.45, 2.75) is 52.5 Å². The number of aryl methyl sites for hydroxylation is 2. The zero-order valence-corrected chi connectivity index (χ0v) is 11.7. The highest BCUT2D eigenvalue weighted by Gasteiger charge is 2.26. The summed E-state index contributed by atoms with van der Waals surface area (Å²) in [5.74, 6) is 0.210. The number of rotatable bonds is 3. The predicted octanol–water partition coefficient (Wildman–Crippen LogP) is 3.71. The topological polar surface area (TPSA) is 20.3 Å². The monoisotopic (exact) mass is 245 g/mol. The molecule has 2 heteroatoms. The Hall–Kier alpha value is -1.31. The van der Waals surface area contributed by atoms with E-state index in [4.69, 9.17) is 0 Å². The van der Waals surface area contributed by atoms with Gasteiger partial charge >= 0.3 is 0 Å². The van der Waals surface area contributed by atoms with E-state index in [9.17, 15) is 4.79 Å². The molecule has 0 spiro atoms. The summed E-state index contributed by atoms with van der Waals surface area (Å²) in [5.41, 5.74) is 3.18. The first-order valence-electron chi connectivity index (χ1n) is 7.01. The number of carbonyl (C=O) groups excluding carboxylic acids is 1. The van der Waals surface area contributed by atoms with E-state index in [1.807, 2.05) is 19.1 Å². The first kappa shape index (κ1) is 13.1. The van der Waals surface area contributed by atoms with Crippen LogP contribution in [0.5, 0.6) is 0 Å². The molecule has 1 fully saturated rings. The molecule has 1 saturated carbocycles. The molecular weight excluding hydrogens is 222 g/mol. The second-order valence-electron chi connectivity index (χ2n) is 5.35.